The molecule has 4 aliphatic rings. The second-order valence-electron chi connectivity index (χ2n) is 27.8. The number of primary amides is 2. The second kappa shape index (κ2) is 46.8. The Morgan fingerprint density at radius 2 is 0.983 bits per heavy atom. The number of nitrogens with two attached hydrogens (primary N) is 4. The molecule has 4 saturated heterocycles. The van der Waals surface area contributed by atoms with E-state index >= 15 is 0 Å². The molecular weight excluding hydrogens is 1610 g/mol. The van der Waals surface area contributed by atoms with Crippen molar-refractivity contribution in [3.63, 3.8) is 0 Å². The molecule has 2 aromatic heterocycles. The lowest BCUT2D eigenvalue weighted by Gasteiger charge is -2.31. The third kappa shape index (κ3) is 29.6. The van der Waals surface area contributed by atoms with Crippen molar-refractivity contribution in [1.82, 2.24) is 104 Å². The van der Waals surface area contributed by atoms with Crippen LogP contribution in [0.4, 0.5) is 0 Å². The molecule has 0 aliphatic carbocycles. The Morgan fingerprint density at radius 1 is 0.543 bits per heavy atom. The van der Waals surface area contributed by atoms with E-state index in [1.54, 1.807) is 13.8 Å². The summed E-state index contributed by atoms with van der Waals surface area (Å²) in [5.41, 5.74) is 23.2. The molecule has 2 aromatic rings. The van der Waals surface area contributed by atoms with Crippen LogP contribution in [0.5, 0.6) is 0 Å². The smallest absolute Gasteiger partial charge is 0.303 e. The molecule has 0 unspecified atom stereocenters. The van der Waals surface area contributed by atoms with Crippen LogP contribution < -0.4 is 97.4 Å². The number of carboxylic acids is 1. The number of aliphatic hydroxyl groups is 2. The molecule has 0 radical (unpaired) electrons. The maximum absolute atomic E-state index is 14.9. The summed E-state index contributed by atoms with van der Waals surface area (Å²) in [5, 5.41) is 73.5. The van der Waals surface area contributed by atoms with Gasteiger partial charge < -0.3 is 132 Å². The van der Waals surface area contributed by atoms with Crippen LogP contribution in [0.25, 0.3) is 0 Å². The fourth-order valence-electron chi connectivity index (χ4n) is 12.3. The largest absolute Gasteiger partial charge is 0.481 e. The summed E-state index contributed by atoms with van der Waals surface area (Å²) in [6, 6.07) is -25.2. The Bertz CT molecular complexity index is 3850. The summed E-state index contributed by atoms with van der Waals surface area (Å²) in [7, 11) is 3.12. The number of aromatic amines is 2. The quantitative estimate of drug-likeness (QED) is 0.0253. The van der Waals surface area contributed by atoms with Gasteiger partial charge in [-0.2, -0.15) is 0 Å². The number of aromatic nitrogens is 4. The number of guanidine groups is 1. The Hall–Kier alpha value is -10.6. The normalized spacial score (nSPS) is 27.3. The molecule has 4 aliphatic heterocycles. The van der Waals surface area contributed by atoms with Gasteiger partial charge in [0.05, 0.1) is 38.8 Å². The van der Waals surface area contributed by atoms with Crippen molar-refractivity contribution < 1.29 is 102 Å². The molecular formula is C66H101N25O21S4. The number of carbonyl (C=O) groups excluding carboxylic acids is 17. The zero-order valence-corrected chi connectivity index (χ0v) is 66.8. The van der Waals surface area contributed by atoms with Gasteiger partial charge in [0.2, 0.25) is 100 Å². The molecule has 640 valence electrons. The zero-order valence-electron chi connectivity index (χ0n) is 63.5. The highest BCUT2D eigenvalue weighted by Gasteiger charge is 2.44. The molecule has 4 fully saturated rings. The van der Waals surface area contributed by atoms with E-state index in [1.165, 1.54) is 32.0 Å². The van der Waals surface area contributed by atoms with Crippen molar-refractivity contribution >= 4 is 156 Å². The molecule has 2 bridgehead atoms. The van der Waals surface area contributed by atoms with Crippen LogP contribution in [0, 0.1) is 11.3 Å². The first-order chi connectivity index (χ1) is 55.1. The van der Waals surface area contributed by atoms with E-state index in [0.717, 1.165) is 53.0 Å². The summed E-state index contributed by atoms with van der Waals surface area (Å²) in [5.74, 6) is -22.6. The number of rotatable bonds is 20. The van der Waals surface area contributed by atoms with Gasteiger partial charge in [0.25, 0.3) is 0 Å². The van der Waals surface area contributed by atoms with Crippen molar-refractivity contribution in [3.05, 3.63) is 36.4 Å². The van der Waals surface area contributed by atoms with E-state index in [0.29, 0.717) is 0 Å². The minimum absolute atomic E-state index is 0.0280. The Balaban J connectivity index is 1.47. The number of nitrogens with one attached hydrogen (secondary N) is 17. The van der Waals surface area contributed by atoms with Crippen LogP contribution in [0.1, 0.15) is 96.4 Å². The minimum atomic E-state index is -2.02. The Morgan fingerprint density at radius 3 is 1.46 bits per heavy atom. The van der Waals surface area contributed by atoms with Crippen molar-refractivity contribution in [2.24, 2.45) is 28.9 Å². The van der Waals surface area contributed by atoms with Crippen molar-refractivity contribution in [2.45, 2.75) is 188 Å². The predicted molar refractivity (Wildman–Crippen MR) is 416 cm³/mol. The van der Waals surface area contributed by atoms with Crippen LogP contribution >= 0.6 is 43.2 Å². The summed E-state index contributed by atoms with van der Waals surface area (Å²) in [6.07, 6.45) is 1.87. The molecule has 17 amide bonds. The zero-order chi connectivity index (χ0) is 85.5. The first-order valence-electron chi connectivity index (χ1n) is 36.9. The topological polar surface area (TPSA) is 728 Å². The van der Waals surface area contributed by atoms with Crippen LogP contribution in [0.3, 0.4) is 0 Å². The SMILES string of the molecule is CC(C)C[C@@H]1NC(=O)[C@H](CCC(=O)O)NC(=O)[C@@H]2CCCN2C(=O)[C@H](Cc2cnc[nH]2)NC(=O)[C@H](CC(N)=O)NC(=O)[C@H](CCCNC(=N)N)NC(=O)[C@H](CO)NC(=O)[C@@H]2CSSC[C@H](NC(=O)CN)C(=O)N[C@@H](CSSC[C@@H](C(N)=O)NC1=O)C(=O)N[C@@H](CO)C(=O)N[C@@H](Cc1cnc[nH]1)C(=O)N1CCC[C@H]1C(=O)N[C@@H](C)C(=O)N2. The third-order valence-electron chi connectivity index (χ3n) is 18.4. The van der Waals surface area contributed by atoms with Gasteiger partial charge in [0.1, 0.15) is 90.6 Å². The second-order valence-corrected chi connectivity index (χ2v) is 32.9. The van der Waals surface area contributed by atoms with Crippen LogP contribution in [0.15, 0.2) is 25.0 Å². The number of amides is 17. The van der Waals surface area contributed by atoms with E-state index in [2.05, 4.69) is 94.4 Å². The summed E-state index contributed by atoms with van der Waals surface area (Å²) >= 11 is 0. The molecule has 50 heteroatoms. The number of hydrogen-bond donors (Lipinski definition) is 24. The van der Waals surface area contributed by atoms with Gasteiger partial charge in [-0.05, 0) is 64.2 Å². The van der Waals surface area contributed by atoms with Gasteiger partial charge in [-0.1, -0.05) is 57.0 Å². The van der Waals surface area contributed by atoms with Crippen LogP contribution in [-0.2, 0) is 99.1 Å². The number of fused-ring (bicyclic) bond motifs is 10. The molecule has 0 spiro atoms. The fourth-order valence-corrected chi connectivity index (χ4v) is 17.0. The predicted octanol–water partition coefficient (Wildman–Crippen LogP) is -10.5. The standard InChI is InChI=1S/C66H101N25O21S4/c1-30(2)15-36-55(102)87-42(51(69)98)24-113-115-27-45-61(108)86-41(23-93)58(105)84-39(17-33-21-73-29-76-33)65(112)90-13-5-8-46(90)62(109)77-31(3)52(99)88-44(26-116-114-25-43(59(106)89-45)78-49(95)19-67)60(107)85-40(22-92)57(104)79-34(7-4-12-74-66(70)71)53(100)82-37(18-48(68)94)56(103)83-38(16-32-20-72-28-75-32)64(111)91-14-6-9-47(91)63(110)80-35(54(101)81-36)10-11-50(96)97/h20-21,28-31,34-47,92-93H,4-19,22-27,67H2,1-3H3,(H2,68,94)(H2,69,98)(H,72,75)(H,73,76)(H,77,109)(H,78,95)(H,79,104)(H,80,110)(H,81,101)(H,82,100)(H,83,103)(H,84,105)(H,85,107)(H,86,108)(H,87,102)(H,88,99)(H,89,106)(H,96,97)(H4,70,71,74)/t31-,34-,35-,36-,37-,38-,39-,40-,41-,42-,43-,44-,45-,46-,47-/m0/s1. The van der Waals surface area contributed by atoms with E-state index < -0.39 is 277 Å². The highest BCUT2D eigenvalue weighted by Crippen LogP contribution is 2.27. The molecule has 15 atom stereocenters. The van der Waals surface area contributed by atoms with Gasteiger partial charge in [-0.25, -0.2) is 9.97 Å². The lowest BCUT2D eigenvalue weighted by molar-refractivity contribution is -0.143. The van der Waals surface area contributed by atoms with Gasteiger partial charge in [-0.15, -0.1) is 0 Å². The number of nitrogens with zero attached hydrogens (tertiary/aromatic N) is 4. The van der Waals surface area contributed by atoms with Crippen LogP contribution in [0.2, 0.25) is 0 Å². The number of aliphatic hydroxyl groups excluding tert-OH is 2. The highest BCUT2D eigenvalue weighted by atomic mass is 33.1. The summed E-state index contributed by atoms with van der Waals surface area (Å²) < 4.78 is 0. The molecule has 6 rings (SSSR count). The third-order valence-corrected chi connectivity index (χ3v) is 23.2. The van der Waals surface area contributed by atoms with Crippen molar-refractivity contribution in [2.75, 3.05) is 62.4 Å². The number of H-pyrrole nitrogens is 2. The van der Waals surface area contributed by atoms with E-state index in [4.69, 9.17) is 28.3 Å². The van der Waals surface area contributed by atoms with E-state index in [9.17, 15) is 102 Å². The van der Waals surface area contributed by atoms with Gasteiger partial charge >= 0.3 is 5.97 Å². The summed E-state index contributed by atoms with van der Waals surface area (Å²) in [4.78, 5) is 271. The fraction of sp³-hybridized carbons (Fsp3) is 0.621. The molecule has 46 nitrogen and oxygen atoms in total. The average Bonchev–Trinajstić information content (AvgIpc) is 1.63. The van der Waals surface area contributed by atoms with Gasteiger partial charge in [-0.3, -0.25) is 91.7 Å². The number of carbonyl (C=O) groups is 18. The van der Waals surface area contributed by atoms with Crippen molar-refractivity contribution in [3.8, 4) is 0 Å². The molecule has 0 aromatic carbocycles. The lowest BCUT2D eigenvalue weighted by atomic mass is 10.0. The first-order valence-corrected chi connectivity index (χ1v) is 41.9. The highest BCUT2D eigenvalue weighted by molar-refractivity contribution is 8.77. The van der Waals surface area contributed by atoms with Crippen LogP contribution in [-0.4, -0.2) is 310 Å². The number of aliphatic carboxylic acids is 1. The average molecular weight is 1710 g/mol. The van der Waals surface area contributed by atoms with Crippen molar-refractivity contribution in [1.29, 1.82) is 5.41 Å². The lowest BCUT2D eigenvalue weighted by Crippen LogP contribution is -2.61. The molecule has 28 N–H and O–H groups in total. The maximum Gasteiger partial charge on any atom is 0.303 e. The first kappa shape index (κ1) is 94.3. The molecule has 0 saturated carbocycles. The Kier molecular flexibility index (Phi) is 38.1. The monoisotopic (exact) mass is 1710 g/mol. The number of carboxylic acid groups (broad SMARTS) is 1. The maximum atomic E-state index is 14.9. The minimum Gasteiger partial charge on any atom is -0.481 e. The number of imidazole rings is 2. The summed E-state index contributed by atoms with van der Waals surface area (Å²) in [6.45, 7) is 1.17. The number of hydrogen-bond acceptors (Lipinski definition) is 28. The van der Waals surface area contributed by atoms with E-state index in [1.807, 2.05) is 0 Å². The van der Waals surface area contributed by atoms with Gasteiger partial charge in [0, 0.05) is 85.7 Å². The van der Waals surface area contributed by atoms with E-state index in [-0.39, 0.29) is 82.4 Å². The molecule has 116 heavy (non-hydrogen) atoms. The Labute approximate surface area is 679 Å². The van der Waals surface area contributed by atoms with Gasteiger partial charge in [0.15, 0.2) is 5.96 Å². The molecule has 6 heterocycles.